The summed E-state index contributed by atoms with van der Waals surface area (Å²) in [7, 11) is 0. The lowest BCUT2D eigenvalue weighted by molar-refractivity contribution is 0.680. The second-order valence-corrected chi connectivity index (χ2v) is 4.21. The minimum absolute atomic E-state index is 0.145. The number of hydrogen-bond donors (Lipinski definition) is 1. The molecule has 0 spiro atoms. The van der Waals surface area contributed by atoms with Crippen molar-refractivity contribution in [1.29, 1.82) is 0 Å². The molecule has 0 unspecified atom stereocenters. The van der Waals surface area contributed by atoms with E-state index in [9.17, 15) is 0 Å². The van der Waals surface area contributed by atoms with Gasteiger partial charge in [-0.05, 0) is 12.5 Å². The van der Waals surface area contributed by atoms with Crippen LogP contribution in [0.2, 0.25) is 0 Å². The normalized spacial score (nSPS) is 10.8. The Morgan fingerprint density at radius 2 is 2.05 bits per heavy atom. The number of aromatic nitrogens is 7. The maximum absolute atomic E-state index is 5.76. The van der Waals surface area contributed by atoms with Gasteiger partial charge in [0.1, 0.15) is 0 Å². The highest BCUT2D eigenvalue weighted by molar-refractivity contribution is 5.47. The molecule has 0 saturated carbocycles. The summed E-state index contributed by atoms with van der Waals surface area (Å²) in [6.45, 7) is 2.94. The number of anilines is 1. The Morgan fingerprint density at radius 3 is 2.80 bits per heavy atom. The van der Waals surface area contributed by atoms with Crippen molar-refractivity contribution in [3.8, 4) is 17.6 Å². The molecule has 0 amide bonds. The molecule has 20 heavy (non-hydrogen) atoms. The Bertz CT molecular complexity index is 700. The number of nitrogens with two attached hydrogens (primary N) is 1. The van der Waals surface area contributed by atoms with Gasteiger partial charge in [0, 0.05) is 31.3 Å². The summed E-state index contributed by atoms with van der Waals surface area (Å²) in [5.41, 5.74) is 5.76. The number of nitrogens with zero attached hydrogens (tertiary/aromatic N) is 7. The minimum Gasteiger partial charge on any atom is -0.368 e. The summed E-state index contributed by atoms with van der Waals surface area (Å²) in [5, 5.41) is 4.09. The largest absolute Gasteiger partial charge is 0.368 e. The lowest BCUT2D eigenvalue weighted by atomic mass is 10.4. The van der Waals surface area contributed by atoms with Crippen LogP contribution < -0.4 is 5.73 Å². The first-order chi connectivity index (χ1) is 9.78. The maximum atomic E-state index is 5.76. The van der Waals surface area contributed by atoms with E-state index in [2.05, 4.69) is 32.0 Å². The van der Waals surface area contributed by atoms with Crippen molar-refractivity contribution in [3.63, 3.8) is 0 Å². The lowest BCUT2D eigenvalue weighted by Crippen LogP contribution is -2.10. The van der Waals surface area contributed by atoms with Crippen LogP contribution in [0.25, 0.3) is 17.6 Å². The molecule has 102 valence electrons. The maximum Gasteiger partial charge on any atom is 0.256 e. The highest BCUT2D eigenvalue weighted by Gasteiger charge is 2.13. The van der Waals surface area contributed by atoms with E-state index in [1.807, 2.05) is 10.8 Å². The van der Waals surface area contributed by atoms with Gasteiger partial charge in [-0.1, -0.05) is 6.92 Å². The van der Waals surface area contributed by atoms with Crippen molar-refractivity contribution < 1.29 is 0 Å². The SMILES string of the molecule is CCCn1ccnc1-c1nc(N)nc(-n2cccn2)n1. The van der Waals surface area contributed by atoms with Gasteiger partial charge in [-0.3, -0.25) is 0 Å². The van der Waals surface area contributed by atoms with E-state index in [0.29, 0.717) is 17.6 Å². The zero-order valence-electron chi connectivity index (χ0n) is 11.0. The third-order valence-electron chi connectivity index (χ3n) is 2.73. The van der Waals surface area contributed by atoms with Gasteiger partial charge in [0.25, 0.3) is 5.95 Å². The van der Waals surface area contributed by atoms with Crippen molar-refractivity contribution in [3.05, 3.63) is 30.9 Å². The van der Waals surface area contributed by atoms with Gasteiger partial charge in [-0.25, -0.2) is 9.67 Å². The Kier molecular flexibility index (Phi) is 3.12. The first-order valence-electron chi connectivity index (χ1n) is 6.31. The summed E-state index contributed by atoms with van der Waals surface area (Å²) < 4.78 is 3.52. The Labute approximate surface area is 115 Å². The molecule has 0 saturated heterocycles. The summed E-state index contributed by atoms with van der Waals surface area (Å²) in [6.07, 6.45) is 8.01. The van der Waals surface area contributed by atoms with Gasteiger partial charge >= 0.3 is 0 Å². The predicted octanol–water partition coefficient (Wildman–Crippen LogP) is 0.913. The van der Waals surface area contributed by atoms with Crippen molar-refractivity contribution in [2.75, 3.05) is 5.73 Å². The molecule has 2 N–H and O–H groups in total. The van der Waals surface area contributed by atoms with Gasteiger partial charge < -0.3 is 10.3 Å². The van der Waals surface area contributed by atoms with Gasteiger partial charge in [-0.2, -0.15) is 20.1 Å². The highest BCUT2D eigenvalue weighted by Crippen LogP contribution is 2.15. The van der Waals surface area contributed by atoms with Crippen LogP contribution in [0.1, 0.15) is 13.3 Å². The molecule has 3 aromatic rings. The number of imidazole rings is 1. The van der Waals surface area contributed by atoms with Gasteiger partial charge in [0.2, 0.25) is 11.8 Å². The number of rotatable bonds is 4. The summed E-state index contributed by atoms with van der Waals surface area (Å²) in [5.74, 6) is 1.64. The highest BCUT2D eigenvalue weighted by atomic mass is 15.4. The zero-order valence-corrected chi connectivity index (χ0v) is 11.0. The summed E-state index contributed by atoms with van der Waals surface area (Å²) in [6, 6.07) is 1.79. The summed E-state index contributed by atoms with van der Waals surface area (Å²) in [4.78, 5) is 16.9. The number of hydrogen-bond acceptors (Lipinski definition) is 6. The van der Waals surface area contributed by atoms with Crippen LogP contribution in [0.4, 0.5) is 5.95 Å². The molecule has 0 fully saturated rings. The van der Waals surface area contributed by atoms with Crippen LogP contribution >= 0.6 is 0 Å². The smallest absolute Gasteiger partial charge is 0.256 e. The van der Waals surface area contributed by atoms with Crippen LogP contribution in [0.15, 0.2) is 30.9 Å². The van der Waals surface area contributed by atoms with Crippen molar-refractivity contribution in [2.45, 2.75) is 19.9 Å². The Morgan fingerprint density at radius 1 is 1.15 bits per heavy atom. The lowest BCUT2D eigenvalue weighted by Gasteiger charge is -2.07. The molecular formula is C12H14N8. The third-order valence-corrected chi connectivity index (χ3v) is 2.73. The van der Waals surface area contributed by atoms with E-state index in [1.54, 1.807) is 24.7 Å². The number of aryl methyl sites for hydroxylation is 1. The average Bonchev–Trinajstić information content (AvgIpc) is 3.09. The fourth-order valence-corrected chi connectivity index (χ4v) is 1.91. The monoisotopic (exact) mass is 270 g/mol. The Balaban J connectivity index is 2.08. The molecule has 0 aromatic carbocycles. The fourth-order valence-electron chi connectivity index (χ4n) is 1.91. The molecule has 3 rings (SSSR count). The first kappa shape index (κ1) is 12.3. The molecule has 0 bridgehead atoms. The van der Waals surface area contributed by atoms with E-state index >= 15 is 0 Å². The van der Waals surface area contributed by atoms with Crippen molar-refractivity contribution in [1.82, 2.24) is 34.3 Å². The molecule has 8 heteroatoms. The van der Waals surface area contributed by atoms with E-state index in [0.717, 1.165) is 13.0 Å². The van der Waals surface area contributed by atoms with Crippen LogP contribution in [-0.2, 0) is 6.54 Å². The van der Waals surface area contributed by atoms with Crippen LogP contribution in [0.3, 0.4) is 0 Å². The quantitative estimate of drug-likeness (QED) is 0.756. The third kappa shape index (κ3) is 2.22. The van der Waals surface area contributed by atoms with E-state index in [-0.39, 0.29) is 5.95 Å². The van der Waals surface area contributed by atoms with Gasteiger partial charge in [0.15, 0.2) is 5.82 Å². The van der Waals surface area contributed by atoms with Crippen molar-refractivity contribution in [2.24, 2.45) is 0 Å². The van der Waals surface area contributed by atoms with Gasteiger partial charge in [0.05, 0.1) is 0 Å². The molecule has 3 heterocycles. The molecule has 0 aliphatic rings. The van der Waals surface area contributed by atoms with Crippen LogP contribution in [0, 0.1) is 0 Å². The predicted molar refractivity (Wildman–Crippen MR) is 72.9 cm³/mol. The Hall–Kier alpha value is -2.77. The average molecular weight is 270 g/mol. The fraction of sp³-hybridized carbons (Fsp3) is 0.250. The minimum atomic E-state index is 0.145. The molecule has 0 atom stereocenters. The number of nitrogen functional groups attached to an aromatic ring is 1. The second-order valence-electron chi connectivity index (χ2n) is 4.21. The second kappa shape index (κ2) is 5.08. The van der Waals surface area contributed by atoms with Crippen LogP contribution in [0.5, 0.6) is 0 Å². The van der Waals surface area contributed by atoms with Crippen molar-refractivity contribution >= 4 is 5.95 Å². The van der Waals surface area contributed by atoms with Crippen LogP contribution in [-0.4, -0.2) is 34.3 Å². The first-order valence-corrected chi connectivity index (χ1v) is 6.31. The molecule has 3 aromatic heterocycles. The topological polar surface area (TPSA) is 100 Å². The molecule has 0 aliphatic heterocycles. The molecular weight excluding hydrogens is 256 g/mol. The molecule has 0 aliphatic carbocycles. The summed E-state index contributed by atoms with van der Waals surface area (Å²) >= 11 is 0. The zero-order chi connectivity index (χ0) is 13.9. The van der Waals surface area contributed by atoms with E-state index in [1.165, 1.54) is 4.68 Å². The molecule has 0 radical (unpaired) electrons. The molecule has 8 nitrogen and oxygen atoms in total. The van der Waals surface area contributed by atoms with Gasteiger partial charge in [-0.15, -0.1) is 0 Å². The standard InChI is InChI=1S/C12H14N8/c1-2-6-19-8-5-14-10(19)9-16-11(13)18-12(17-9)20-7-3-4-15-20/h3-5,7-8H,2,6H2,1H3,(H2,13,16,17,18). The van der Waals surface area contributed by atoms with E-state index in [4.69, 9.17) is 5.73 Å². The van der Waals surface area contributed by atoms with E-state index < -0.39 is 0 Å².